The van der Waals surface area contributed by atoms with E-state index in [0.717, 1.165) is 59.0 Å². The van der Waals surface area contributed by atoms with Crippen LogP contribution in [0.1, 0.15) is 13.8 Å². The highest BCUT2D eigenvalue weighted by Gasteiger charge is 2.29. The summed E-state index contributed by atoms with van der Waals surface area (Å²) in [6, 6.07) is 0. The monoisotopic (exact) mass is 328 g/mol. The molecule has 2 rings (SSSR count). The largest absolute Gasteiger partial charge is 0.395 e. The van der Waals surface area contributed by atoms with Crippen molar-refractivity contribution in [1.82, 2.24) is 20.0 Å². The number of nitrogens with one attached hydrogen (secondary N) is 1. The van der Waals surface area contributed by atoms with Crippen molar-refractivity contribution in [2.24, 2.45) is 0 Å². The molecule has 0 aliphatic carbocycles. The summed E-state index contributed by atoms with van der Waals surface area (Å²) in [6.07, 6.45) is 0. The summed E-state index contributed by atoms with van der Waals surface area (Å²) in [5, 5.41) is 12.0. The minimum atomic E-state index is -0.0424. The molecule has 1 amide bonds. The Bertz CT molecular complexity index is 364. The molecule has 2 aliphatic heterocycles. The average Bonchev–Trinajstić information content (AvgIpc) is 2.56. The normalized spacial score (nSPS) is 22.2. The Kier molecular flexibility index (Phi) is 7.23. The summed E-state index contributed by atoms with van der Waals surface area (Å²) >= 11 is 0. The van der Waals surface area contributed by atoms with Gasteiger partial charge in [-0.15, -0.1) is 0 Å². The van der Waals surface area contributed by atoms with Crippen LogP contribution in [0.15, 0.2) is 0 Å². The van der Waals surface area contributed by atoms with E-state index in [1.807, 2.05) is 0 Å². The zero-order valence-electron chi connectivity index (χ0n) is 14.6. The van der Waals surface area contributed by atoms with Gasteiger partial charge in [0.05, 0.1) is 26.4 Å². The molecule has 0 aromatic rings. The van der Waals surface area contributed by atoms with Crippen LogP contribution in [0.3, 0.4) is 0 Å². The van der Waals surface area contributed by atoms with E-state index >= 15 is 0 Å². The molecule has 2 saturated heterocycles. The van der Waals surface area contributed by atoms with E-state index < -0.39 is 0 Å². The van der Waals surface area contributed by atoms with Gasteiger partial charge >= 0.3 is 0 Å². The van der Waals surface area contributed by atoms with Gasteiger partial charge in [0.25, 0.3) is 0 Å². The summed E-state index contributed by atoms with van der Waals surface area (Å²) in [7, 11) is 0. The maximum absolute atomic E-state index is 12.2. The number of aliphatic hydroxyl groups excluding tert-OH is 1. The van der Waals surface area contributed by atoms with E-state index in [1.54, 1.807) is 0 Å². The molecule has 0 spiro atoms. The van der Waals surface area contributed by atoms with Crippen molar-refractivity contribution in [1.29, 1.82) is 0 Å². The SMILES string of the molecule is CC(C)(CNC(=O)CN1CCN(CCO)CC1)N1CCOCC1. The molecular formula is C16H32N4O3. The van der Waals surface area contributed by atoms with Crippen LogP contribution < -0.4 is 5.32 Å². The van der Waals surface area contributed by atoms with Crippen molar-refractivity contribution in [3.05, 3.63) is 0 Å². The van der Waals surface area contributed by atoms with Crippen LogP contribution in [-0.2, 0) is 9.53 Å². The molecule has 134 valence electrons. The Morgan fingerprint density at radius 3 is 2.30 bits per heavy atom. The van der Waals surface area contributed by atoms with Gasteiger partial charge in [-0.25, -0.2) is 0 Å². The average molecular weight is 328 g/mol. The van der Waals surface area contributed by atoms with Crippen LogP contribution in [0.2, 0.25) is 0 Å². The molecule has 0 radical (unpaired) electrons. The summed E-state index contributed by atoms with van der Waals surface area (Å²) in [5.74, 6) is 0.0990. The van der Waals surface area contributed by atoms with E-state index in [1.165, 1.54) is 0 Å². The molecular weight excluding hydrogens is 296 g/mol. The van der Waals surface area contributed by atoms with Crippen LogP contribution in [0, 0.1) is 0 Å². The molecule has 0 unspecified atom stereocenters. The maximum Gasteiger partial charge on any atom is 0.234 e. The fourth-order valence-electron chi connectivity index (χ4n) is 3.17. The summed E-state index contributed by atoms with van der Waals surface area (Å²) in [6.45, 7) is 13.4. The molecule has 0 aromatic carbocycles. The first kappa shape index (κ1) is 18.6. The molecule has 0 saturated carbocycles. The summed E-state index contributed by atoms with van der Waals surface area (Å²) < 4.78 is 5.39. The van der Waals surface area contributed by atoms with Gasteiger partial charge in [0, 0.05) is 57.9 Å². The Hall–Kier alpha value is -0.730. The number of carbonyl (C=O) groups is 1. The molecule has 2 heterocycles. The third kappa shape index (κ3) is 6.00. The van der Waals surface area contributed by atoms with Gasteiger partial charge in [-0.05, 0) is 13.8 Å². The number of carbonyl (C=O) groups excluding carboxylic acids is 1. The highest BCUT2D eigenvalue weighted by atomic mass is 16.5. The second-order valence-electron chi connectivity index (χ2n) is 7.03. The lowest BCUT2D eigenvalue weighted by Crippen LogP contribution is -2.56. The number of hydrogen-bond acceptors (Lipinski definition) is 6. The van der Waals surface area contributed by atoms with Crippen LogP contribution in [0.5, 0.6) is 0 Å². The Balaban J connectivity index is 1.66. The van der Waals surface area contributed by atoms with E-state index in [9.17, 15) is 4.79 Å². The lowest BCUT2D eigenvalue weighted by Gasteiger charge is -2.41. The predicted octanol–water partition coefficient (Wildman–Crippen LogP) is -1.18. The number of hydrogen-bond donors (Lipinski definition) is 2. The number of ether oxygens (including phenoxy) is 1. The summed E-state index contributed by atoms with van der Waals surface area (Å²) in [4.78, 5) is 19.0. The van der Waals surface area contributed by atoms with Gasteiger partial charge < -0.3 is 15.2 Å². The van der Waals surface area contributed by atoms with Crippen molar-refractivity contribution < 1.29 is 14.6 Å². The number of morpholine rings is 1. The molecule has 7 heteroatoms. The van der Waals surface area contributed by atoms with Crippen molar-refractivity contribution in [3.63, 3.8) is 0 Å². The lowest BCUT2D eigenvalue weighted by atomic mass is 10.0. The molecule has 7 nitrogen and oxygen atoms in total. The third-order valence-corrected chi connectivity index (χ3v) is 4.83. The number of piperazine rings is 1. The minimum absolute atomic E-state index is 0.0424. The lowest BCUT2D eigenvalue weighted by molar-refractivity contribution is -0.123. The number of nitrogens with zero attached hydrogens (tertiary/aromatic N) is 3. The zero-order chi connectivity index (χ0) is 16.7. The van der Waals surface area contributed by atoms with Crippen molar-refractivity contribution >= 4 is 5.91 Å². The molecule has 2 N–H and O–H groups in total. The van der Waals surface area contributed by atoms with Crippen LogP contribution in [0.4, 0.5) is 0 Å². The quantitative estimate of drug-likeness (QED) is 0.613. The topological polar surface area (TPSA) is 68.3 Å². The Morgan fingerprint density at radius 2 is 1.70 bits per heavy atom. The van der Waals surface area contributed by atoms with E-state index in [2.05, 4.69) is 33.9 Å². The van der Waals surface area contributed by atoms with E-state index in [0.29, 0.717) is 13.1 Å². The van der Waals surface area contributed by atoms with Gasteiger partial charge in [0.2, 0.25) is 5.91 Å². The van der Waals surface area contributed by atoms with Crippen LogP contribution in [0.25, 0.3) is 0 Å². The van der Waals surface area contributed by atoms with Crippen molar-refractivity contribution in [2.45, 2.75) is 19.4 Å². The Labute approximate surface area is 139 Å². The smallest absolute Gasteiger partial charge is 0.234 e. The number of amides is 1. The number of rotatable bonds is 7. The van der Waals surface area contributed by atoms with Crippen molar-refractivity contribution in [2.75, 3.05) is 78.7 Å². The van der Waals surface area contributed by atoms with E-state index in [4.69, 9.17) is 9.84 Å². The Morgan fingerprint density at radius 1 is 1.09 bits per heavy atom. The van der Waals surface area contributed by atoms with Gasteiger partial charge in [-0.2, -0.15) is 0 Å². The van der Waals surface area contributed by atoms with Crippen molar-refractivity contribution in [3.8, 4) is 0 Å². The molecule has 0 aromatic heterocycles. The van der Waals surface area contributed by atoms with Gasteiger partial charge in [0.15, 0.2) is 0 Å². The van der Waals surface area contributed by atoms with Crippen LogP contribution >= 0.6 is 0 Å². The van der Waals surface area contributed by atoms with Crippen LogP contribution in [-0.4, -0.2) is 110 Å². The van der Waals surface area contributed by atoms with Gasteiger partial charge in [-0.1, -0.05) is 0 Å². The van der Waals surface area contributed by atoms with Gasteiger partial charge in [0.1, 0.15) is 0 Å². The van der Waals surface area contributed by atoms with E-state index in [-0.39, 0.29) is 18.1 Å². The minimum Gasteiger partial charge on any atom is -0.395 e. The molecule has 2 aliphatic rings. The maximum atomic E-state index is 12.2. The predicted molar refractivity (Wildman–Crippen MR) is 89.4 cm³/mol. The molecule has 0 atom stereocenters. The third-order valence-electron chi connectivity index (χ3n) is 4.83. The van der Waals surface area contributed by atoms with Gasteiger partial charge in [-0.3, -0.25) is 19.5 Å². The zero-order valence-corrected chi connectivity index (χ0v) is 14.6. The molecule has 0 bridgehead atoms. The number of β-amino-alcohol motifs (C(OH)–C–C–N with tert-alkyl or cyclic N) is 1. The second-order valence-corrected chi connectivity index (χ2v) is 7.03. The highest BCUT2D eigenvalue weighted by Crippen LogP contribution is 2.15. The first-order valence-corrected chi connectivity index (χ1v) is 8.66. The molecule has 23 heavy (non-hydrogen) atoms. The standard InChI is InChI=1S/C16H32N4O3/c1-16(2,20-8-11-23-12-9-20)14-17-15(22)13-19-5-3-18(4-6-19)7-10-21/h21H,3-14H2,1-2H3,(H,17,22). The number of aliphatic hydroxyl groups is 1. The fourth-order valence-corrected chi connectivity index (χ4v) is 3.17. The highest BCUT2D eigenvalue weighted by molar-refractivity contribution is 5.78. The second kappa shape index (κ2) is 8.94. The summed E-state index contributed by atoms with van der Waals surface area (Å²) in [5.41, 5.74) is -0.0424. The first-order chi connectivity index (χ1) is 11.0. The molecule has 2 fully saturated rings. The first-order valence-electron chi connectivity index (χ1n) is 8.66. The fraction of sp³-hybridized carbons (Fsp3) is 0.938.